The Labute approximate surface area is 215 Å². The van der Waals surface area contributed by atoms with Crippen molar-refractivity contribution in [1.29, 1.82) is 0 Å². The van der Waals surface area contributed by atoms with Gasteiger partial charge in [0.25, 0.3) is 0 Å². The van der Waals surface area contributed by atoms with Crippen molar-refractivity contribution < 1.29 is 27.4 Å². The molecule has 4 aromatic rings. The van der Waals surface area contributed by atoms with E-state index < -0.39 is 16.1 Å². The van der Waals surface area contributed by atoms with Crippen LogP contribution in [0.4, 0.5) is 5.69 Å². The van der Waals surface area contributed by atoms with Crippen molar-refractivity contribution in [3.63, 3.8) is 0 Å². The molecule has 1 aliphatic heterocycles. The molecule has 1 atom stereocenters. The van der Waals surface area contributed by atoms with Crippen molar-refractivity contribution in [2.45, 2.75) is 13.0 Å². The minimum absolute atomic E-state index is 0.0108. The Hall–Kier alpha value is -4.30. The number of carbonyl (C=O) groups is 1. The summed E-state index contributed by atoms with van der Waals surface area (Å²) in [7, 11) is -1.86. The number of Topliss-reactive ketones (excluding diaryl/α,β-unsaturated/α-hetero) is 1. The quantitative estimate of drug-likeness (QED) is 0.294. The first-order valence-corrected chi connectivity index (χ1v) is 13.5. The smallest absolute Gasteiger partial charge is 0.229 e. The first-order valence-electron chi connectivity index (χ1n) is 11.6. The zero-order valence-electron chi connectivity index (χ0n) is 20.5. The lowest BCUT2D eigenvalue weighted by Crippen LogP contribution is -2.17. The third-order valence-corrected chi connectivity index (χ3v) is 6.62. The van der Waals surface area contributed by atoms with Gasteiger partial charge < -0.3 is 14.2 Å². The highest BCUT2D eigenvalue weighted by Crippen LogP contribution is 2.49. The largest absolute Gasteiger partial charge is 0.496 e. The summed E-state index contributed by atoms with van der Waals surface area (Å²) in [6, 6.07) is 25.5. The number of ether oxygens (including phenoxy) is 3. The van der Waals surface area contributed by atoms with Crippen LogP contribution in [0.5, 0.6) is 23.0 Å². The Morgan fingerprint density at radius 2 is 1.68 bits per heavy atom. The Morgan fingerprint density at radius 3 is 2.38 bits per heavy atom. The lowest BCUT2D eigenvalue weighted by atomic mass is 9.88. The van der Waals surface area contributed by atoms with Gasteiger partial charge in [-0.05, 0) is 73.2 Å². The summed E-state index contributed by atoms with van der Waals surface area (Å²) >= 11 is 0. The SMILES string of the molecule is COc1cccc2c1-c1ccc(NS(C)(=O)=O)cc1C(c1cccc(Oc3ccc(C(C)=O)cc3)c1)O2. The molecule has 0 fully saturated rings. The standard InChI is InChI=1S/C29H25NO6S/c1-18(31)19-10-13-22(14-11-19)35-23-7-4-6-20(16-23)29-25-17-21(30-37(3,32)33)12-15-24(25)28-26(34-2)8-5-9-27(28)36-29/h4-17,29-30H,1-3H3. The van der Waals surface area contributed by atoms with Crippen LogP contribution in [0, 0.1) is 0 Å². The molecule has 1 heterocycles. The molecule has 8 heteroatoms. The van der Waals surface area contributed by atoms with Crippen LogP contribution >= 0.6 is 0 Å². The normalized spacial score (nSPS) is 14.1. The molecule has 1 N–H and O–H groups in total. The molecule has 4 aromatic carbocycles. The zero-order chi connectivity index (χ0) is 26.2. The number of fused-ring (bicyclic) bond motifs is 3. The molecule has 0 aliphatic carbocycles. The maximum absolute atomic E-state index is 11.9. The molecule has 0 aromatic heterocycles. The number of hydrogen-bond acceptors (Lipinski definition) is 6. The molecule has 0 amide bonds. The first kappa shape index (κ1) is 24.4. The van der Waals surface area contributed by atoms with E-state index in [-0.39, 0.29) is 5.78 Å². The highest BCUT2D eigenvalue weighted by molar-refractivity contribution is 7.92. The van der Waals surface area contributed by atoms with Crippen LogP contribution in [0.25, 0.3) is 11.1 Å². The number of sulfonamides is 1. The van der Waals surface area contributed by atoms with Crippen LogP contribution in [0.15, 0.2) is 84.9 Å². The number of ketones is 1. The van der Waals surface area contributed by atoms with Gasteiger partial charge in [0.1, 0.15) is 29.1 Å². The van der Waals surface area contributed by atoms with Crippen LogP contribution in [0.2, 0.25) is 0 Å². The highest BCUT2D eigenvalue weighted by Gasteiger charge is 2.30. The second-order valence-corrected chi connectivity index (χ2v) is 10.5. The minimum atomic E-state index is -3.47. The molecular formula is C29H25NO6S. The summed E-state index contributed by atoms with van der Waals surface area (Å²) in [6.45, 7) is 1.52. The highest BCUT2D eigenvalue weighted by atomic mass is 32.2. The number of hydrogen-bond donors (Lipinski definition) is 1. The van der Waals surface area contributed by atoms with Gasteiger partial charge in [0.05, 0.1) is 18.9 Å². The van der Waals surface area contributed by atoms with Gasteiger partial charge in [-0.2, -0.15) is 0 Å². The van der Waals surface area contributed by atoms with E-state index in [1.807, 2.05) is 48.5 Å². The third-order valence-electron chi connectivity index (χ3n) is 6.02. The molecular weight excluding hydrogens is 490 g/mol. The number of anilines is 1. The van der Waals surface area contributed by atoms with Crippen LogP contribution in [0.3, 0.4) is 0 Å². The predicted molar refractivity (Wildman–Crippen MR) is 142 cm³/mol. The van der Waals surface area contributed by atoms with Gasteiger partial charge in [0.15, 0.2) is 5.78 Å². The molecule has 0 spiro atoms. The molecule has 0 saturated carbocycles. The molecule has 188 valence electrons. The molecule has 7 nitrogen and oxygen atoms in total. The van der Waals surface area contributed by atoms with Crippen molar-refractivity contribution in [2.24, 2.45) is 0 Å². The molecule has 1 unspecified atom stereocenters. The lowest BCUT2D eigenvalue weighted by molar-refractivity contribution is 0.101. The van der Waals surface area contributed by atoms with Crippen molar-refractivity contribution in [3.8, 4) is 34.1 Å². The average Bonchev–Trinajstić information content (AvgIpc) is 2.87. The van der Waals surface area contributed by atoms with E-state index in [0.717, 1.165) is 28.5 Å². The number of nitrogens with one attached hydrogen (secondary N) is 1. The van der Waals surface area contributed by atoms with E-state index in [0.29, 0.717) is 34.2 Å². The van der Waals surface area contributed by atoms with E-state index >= 15 is 0 Å². The molecule has 0 saturated heterocycles. The predicted octanol–water partition coefficient (Wildman–Crippen LogP) is 6.21. The van der Waals surface area contributed by atoms with Crippen LogP contribution in [-0.2, 0) is 10.0 Å². The molecule has 0 radical (unpaired) electrons. The van der Waals surface area contributed by atoms with E-state index in [1.165, 1.54) is 6.92 Å². The van der Waals surface area contributed by atoms with Gasteiger partial charge in [-0.3, -0.25) is 9.52 Å². The second kappa shape index (κ2) is 9.63. The van der Waals surface area contributed by atoms with Crippen LogP contribution in [0.1, 0.15) is 34.5 Å². The van der Waals surface area contributed by atoms with Gasteiger partial charge in [-0.1, -0.05) is 24.3 Å². The summed E-state index contributed by atoms with van der Waals surface area (Å²) in [5.74, 6) is 2.50. The number of rotatable bonds is 7. The topological polar surface area (TPSA) is 90.9 Å². The molecule has 0 bridgehead atoms. The van der Waals surface area contributed by atoms with Crippen molar-refractivity contribution in [3.05, 3.63) is 102 Å². The summed E-state index contributed by atoms with van der Waals surface area (Å²) in [5.41, 5.74) is 4.35. The number of methoxy groups -OCH3 is 1. The number of carbonyl (C=O) groups excluding carboxylic acids is 1. The first-order chi connectivity index (χ1) is 17.7. The Kier molecular flexibility index (Phi) is 6.35. The van der Waals surface area contributed by atoms with Gasteiger partial charge in [0, 0.05) is 22.4 Å². The van der Waals surface area contributed by atoms with Crippen LogP contribution in [-0.4, -0.2) is 27.6 Å². The van der Waals surface area contributed by atoms with Crippen molar-refractivity contribution in [2.75, 3.05) is 18.1 Å². The summed E-state index contributed by atoms with van der Waals surface area (Å²) in [6.07, 6.45) is 0.585. The molecule has 37 heavy (non-hydrogen) atoms. The lowest BCUT2D eigenvalue weighted by Gasteiger charge is -2.30. The van der Waals surface area contributed by atoms with Gasteiger partial charge >= 0.3 is 0 Å². The van der Waals surface area contributed by atoms with E-state index in [9.17, 15) is 13.2 Å². The zero-order valence-corrected chi connectivity index (χ0v) is 21.3. The van der Waals surface area contributed by atoms with Gasteiger partial charge in [0.2, 0.25) is 10.0 Å². The van der Waals surface area contributed by atoms with E-state index in [2.05, 4.69) is 4.72 Å². The fourth-order valence-electron chi connectivity index (χ4n) is 4.40. The summed E-state index contributed by atoms with van der Waals surface area (Å²) in [4.78, 5) is 11.6. The Balaban J connectivity index is 1.56. The van der Waals surface area contributed by atoms with Crippen LogP contribution < -0.4 is 18.9 Å². The molecule has 1 aliphatic rings. The van der Waals surface area contributed by atoms with Gasteiger partial charge in [-0.15, -0.1) is 0 Å². The summed E-state index contributed by atoms with van der Waals surface area (Å²) in [5, 5.41) is 0. The summed E-state index contributed by atoms with van der Waals surface area (Å²) < 4.78 is 44.5. The van der Waals surface area contributed by atoms with E-state index in [4.69, 9.17) is 14.2 Å². The average molecular weight is 516 g/mol. The Bertz CT molecular complexity index is 1600. The van der Waals surface area contributed by atoms with Gasteiger partial charge in [-0.25, -0.2) is 8.42 Å². The van der Waals surface area contributed by atoms with Crippen molar-refractivity contribution >= 4 is 21.5 Å². The third kappa shape index (κ3) is 5.15. The fourth-order valence-corrected chi connectivity index (χ4v) is 4.96. The van der Waals surface area contributed by atoms with E-state index in [1.54, 1.807) is 43.5 Å². The minimum Gasteiger partial charge on any atom is -0.496 e. The maximum atomic E-state index is 11.9. The number of benzene rings is 4. The van der Waals surface area contributed by atoms with Crippen molar-refractivity contribution in [1.82, 2.24) is 0 Å². The Morgan fingerprint density at radius 1 is 0.919 bits per heavy atom. The second-order valence-electron chi connectivity index (χ2n) is 8.76. The maximum Gasteiger partial charge on any atom is 0.229 e. The monoisotopic (exact) mass is 515 g/mol. The molecule has 5 rings (SSSR count). The fraction of sp³-hybridized carbons (Fsp3) is 0.138.